The number of hydrogen-bond acceptors (Lipinski definition) is 6. The van der Waals surface area contributed by atoms with Gasteiger partial charge in [-0.3, -0.25) is 19.4 Å². The first-order valence-electron chi connectivity index (χ1n) is 9.92. The van der Waals surface area contributed by atoms with E-state index in [0.717, 1.165) is 5.56 Å². The summed E-state index contributed by atoms with van der Waals surface area (Å²) in [5.74, 6) is 0.0583. The zero-order valence-corrected chi connectivity index (χ0v) is 17.2. The maximum absolute atomic E-state index is 13.0. The minimum absolute atomic E-state index is 0.0398. The predicted octanol–water partition coefficient (Wildman–Crippen LogP) is 1.58. The fourth-order valence-corrected chi connectivity index (χ4v) is 3.39. The molecule has 0 saturated heterocycles. The molecule has 1 aliphatic heterocycles. The molecule has 1 aromatic carbocycles. The van der Waals surface area contributed by atoms with Gasteiger partial charge in [-0.05, 0) is 37.6 Å². The summed E-state index contributed by atoms with van der Waals surface area (Å²) in [5.41, 5.74) is 1.07. The van der Waals surface area contributed by atoms with Gasteiger partial charge in [0.25, 0.3) is 5.91 Å². The average Bonchev–Trinajstić information content (AvgIpc) is 3.25. The fourth-order valence-electron chi connectivity index (χ4n) is 3.39. The smallest absolute Gasteiger partial charge is 0.257 e. The molecule has 1 aliphatic rings. The highest BCUT2D eigenvalue weighted by atomic mass is 16.7. The minimum atomic E-state index is -0.823. The number of aryl methyl sites for hydroxylation is 1. The fraction of sp³-hybridized carbons (Fsp3) is 0.273. The van der Waals surface area contributed by atoms with Crippen LogP contribution >= 0.6 is 0 Å². The molecule has 4 rings (SSSR count). The van der Waals surface area contributed by atoms with E-state index in [9.17, 15) is 14.4 Å². The monoisotopic (exact) mass is 422 g/mol. The Hall–Kier alpha value is -3.88. The number of hydrogen-bond donors (Lipinski definition) is 2. The van der Waals surface area contributed by atoms with Crippen molar-refractivity contribution in [3.8, 4) is 11.5 Å². The summed E-state index contributed by atoms with van der Waals surface area (Å²) < 4.78 is 12.6. The third-order valence-corrected chi connectivity index (χ3v) is 5.12. The van der Waals surface area contributed by atoms with Crippen LogP contribution in [0, 0.1) is 0 Å². The Morgan fingerprint density at radius 2 is 1.90 bits per heavy atom. The van der Waals surface area contributed by atoms with Crippen LogP contribution in [0.3, 0.4) is 0 Å². The van der Waals surface area contributed by atoms with Gasteiger partial charge < -0.3 is 24.7 Å². The molecule has 9 heteroatoms. The number of rotatable bonds is 6. The van der Waals surface area contributed by atoms with E-state index in [1.165, 1.54) is 6.20 Å². The maximum Gasteiger partial charge on any atom is 0.257 e. The highest BCUT2D eigenvalue weighted by Crippen LogP contribution is 2.35. The number of benzene rings is 1. The maximum atomic E-state index is 13.0. The summed E-state index contributed by atoms with van der Waals surface area (Å²) >= 11 is 0. The number of ether oxygens (including phenoxy) is 2. The topological polar surface area (TPSA) is 112 Å². The Labute approximate surface area is 178 Å². The molecular weight excluding hydrogens is 400 g/mol. The van der Waals surface area contributed by atoms with E-state index in [-0.39, 0.29) is 18.3 Å². The van der Waals surface area contributed by atoms with Crippen LogP contribution in [0.15, 0.2) is 47.7 Å². The molecule has 2 aromatic heterocycles. The summed E-state index contributed by atoms with van der Waals surface area (Å²) in [6, 6.07) is 6.08. The van der Waals surface area contributed by atoms with E-state index < -0.39 is 17.4 Å². The molecule has 1 unspecified atom stereocenters. The number of amides is 2. The Kier molecular flexibility index (Phi) is 5.57. The molecule has 2 N–H and O–H groups in total. The molecule has 9 nitrogen and oxygen atoms in total. The van der Waals surface area contributed by atoms with E-state index >= 15 is 0 Å². The van der Waals surface area contributed by atoms with Crippen LogP contribution in [-0.2, 0) is 17.9 Å². The standard InChI is InChI=1S/C22H22N4O5/c1-3-26-11-16(20(27)15-8-18-19(9-17(15)26)31-12-30-18)22(29)25-13(2)21(28)24-10-14-4-6-23-7-5-14/h4-9,11,13H,3,10,12H2,1-2H3,(H,24,28)(H,25,29). The Balaban J connectivity index is 1.54. The molecular formula is C22H22N4O5. The summed E-state index contributed by atoms with van der Waals surface area (Å²) in [5, 5.41) is 5.72. The number of nitrogens with one attached hydrogen (secondary N) is 2. The Morgan fingerprint density at radius 1 is 1.19 bits per heavy atom. The number of fused-ring (bicyclic) bond motifs is 2. The largest absolute Gasteiger partial charge is 0.454 e. The van der Waals surface area contributed by atoms with E-state index in [0.29, 0.717) is 35.5 Å². The van der Waals surface area contributed by atoms with Gasteiger partial charge in [0.1, 0.15) is 11.6 Å². The SMILES string of the molecule is CCn1cc(C(=O)NC(C)C(=O)NCc2ccncc2)c(=O)c2cc3c(cc21)OCO3. The summed E-state index contributed by atoms with van der Waals surface area (Å²) in [4.78, 5) is 42.2. The molecule has 2 amide bonds. The van der Waals surface area contributed by atoms with Crippen molar-refractivity contribution < 1.29 is 19.1 Å². The first kappa shape index (κ1) is 20.4. The van der Waals surface area contributed by atoms with Crippen LogP contribution in [0.1, 0.15) is 29.8 Å². The van der Waals surface area contributed by atoms with Crippen LogP contribution in [0.4, 0.5) is 0 Å². The van der Waals surface area contributed by atoms with Crippen LogP contribution < -0.4 is 25.5 Å². The van der Waals surface area contributed by atoms with Gasteiger partial charge in [-0.15, -0.1) is 0 Å². The van der Waals surface area contributed by atoms with Gasteiger partial charge >= 0.3 is 0 Å². The van der Waals surface area contributed by atoms with Gasteiger partial charge in [0, 0.05) is 37.7 Å². The summed E-state index contributed by atoms with van der Waals surface area (Å²) in [6.07, 6.45) is 4.78. The first-order valence-corrected chi connectivity index (χ1v) is 9.92. The second-order valence-corrected chi connectivity index (χ2v) is 7.15. The number of carbonyl (C=O) groups is 2. The lowest BCUT2D eigenvalue weighted by Crippen LogP contribution is -2.45. The summed E-state index contributed by atoms with van der Waals surface area (Å²) in [7, 11) is 0. The molecule has 0 bridgehead atoms. The van der Waals surface area contributed by atoms with Crippen molar-refractivity contribution in [3.63, 3.8) is 0 Å². The molecule has 3 aromatic rings. The van der Waals surface area contributed by atoms with Gasteiger partial charge in [-0.1, -0.05) is 0 Å². The molecule has 0 fully saturated rings. The van der Waals surface area contributed by atoms with Gasteiger partial charge in [0.15, 0.2) is 11.5 Å². The zero-order valence-electron chi connectivity index (χ0n) is 17.2. The molecule has 3 heterocycles. The van der Waals surface area contributed by atoms with E-state index in [2.05, 4.69) is 15.6 Å². The van der Waals surface area contributed by atoms with Crippen molar-refractivity contribution in [1.82, 2.24) is 20.2 Å². The van der Waals surface area contributed by atoms with E-state index in [1.807, 2.05) is 6.92 Å². The van der Waals surface area contributed by atoms with Crippen LogP contribution in [0.2, 0.25) is 0 Å². The predicted molar refractivity (Wildman–Crippen MR) is 113 cm³/mol. The summed E-state index contributed by atoms with van der Waals surface area (Å²) in [6.45, 7) is 4.42. The van der Waals surface area contributed by atoms with Crippen LogP contribution in [-0.4, -0.2) is 34.2 Å². The highest BCUT2D eigenvalue weighted by molar-refractivity contribution is 6.00. The Morgan fingerprint density at radius 3 is 2.61 bits per heavy atom. The molecule has 0 aliphatic carbocycles. The van der Waals surface area contributed by atoms with Gasteiger partial charge in [0.2, 0.25) is 18.1 Å². The first-order chi connectivity index (χ1) is 15.0. The van der Waals surface area contributed by atoms with E-state index in [4.69, 9.17) is 9.47 Å². The van der Waals surface area contributed by atoms with Crippen molar-refractivity contribution in [2.75, 3.05) is 6.79 Å². The van der Waals surface area contributed by atoms with Crippen molar-refractivity contribution in [2.24, 2.45) is 0 Å². The average molecular weight is 422 g/mol. The lowest BCUT2D eigenvalue weighted by atomic mass is 10.1. The zero-order chi connectivity index (χ0) is 22.0. The quantitative estimate of drug-likeness (QED) is 0.624. The lowest BCUT2D eigenvalue weighted by molar-refractivity contribution is -0.122. The Bertz CT molecular complexity index is 1210. The van der Waals surface area contributed by atoms with Crippen molar-refractivity contribution in [3.05, 3.63) is 64.2 Å². The number of carbonyl (C=O) groups excluding carboxylic acids is 2. The molecule has 0 spiro atoms. The third-order valence-electron chi connectivity index (χ3n) is 5.12. The number of aromatic nitrogens is 2. The molecule has 160 valence electrons. The normalized spacial score (nSPS) is 13.1. The number of pyridine rings is 2. The third kappa shape index (κ3) is 4.07. The van der Waals surface area contributed by atoms with Crippen molar-refractivity contribution >= 4 is 22.7 Å². The van der Waals surface area contributed by atoms with E-state index in [1.54, 1.807) is 48.1 Å². The number of nitrogens with zero attached hydrogens (tertiary/aromatic N) is 2. The second-order valence-electron chi connectivity index (χ2n) is 7.15. The van der Waals surface area contributed by atoms with Crippen molar-refractivity contribution in [2.45, 2.75) is 33.0 Å². The van der Waals surface area contributed by atoms with Gasteiger partial charge in [-0.25, -0.2) is 0 Å². The van der Waals surface area contributed by atoms with Crippen LogP contribution in [0.5, 0.6) is 11.5 Å². The molecule has 0 saturated carbocycles. The second kappa shape index (κ2) is 8.47. The molecule has 1 atom stereocenters. The minimum Gasteiger partial charge on any atom is -0.454 e. The highest BCUT2D eigenvalue weighted by Gasteiger charge is 2.22. The van der Waals surface area contributed by atoms with Gasteiger partial charge in [0.05, 0.1) is 10.9 Å². The molecule has 31 heavy (non-hydrogen) atoms. The van der Waals surface area contributed by atoms with Gasteiger partial charge in [-0.2, -0.15) is 0 Å². The van der Waals surface area contributed by atoms with Crippen LogP contribution in [0.25, 0.3) is 10.9 Å². The molecule has 0 radical (unpaired) electrons. The lowest BCUT2D eigenvalue weighted by Gasteiger charge is -2.16. The van der Waals surface area contributed by atoms with Crippen molar-refractivity contribution in [1.29, 1.82) is 0 Å².